The number of ether oxygens (including phenoxy) is 4. The fourth-order valence-electron chi connectivity index (χ4n) is 4.40. The van der Waals surface area contributed by atoms with Crippen molar-refractivity contribution in [2.45, 2.75) is 12.5 Å². The molecule has 4 rings (SSSR count). The van der Waals surface area contributed by atoms with Gasteiger partial charge < -0.3 is 34.1 Å². The lowest BCUT2D eigenvalue weighted by molar-refractivity contribution is 0.324. The van der Waals surface area contributed by atoms with Crippen LogP contribution in [-0.4, -0.2) is 57.0 Å². The molecule has 1 aliphatic heterocycles. The van der Waals surface area contributed by atoms with Gasteiger partial charge in [0.2, 0.25) is 0 Å². The summed E-state index contributed by atoms with van der Waals surface area (Å²) in [6.07, 6.45) is 0.754. The summed E-state index contributed by atoms with van der Waals surface area (Å²) in [5.74, 6) is 2.39. The maximum Gasteiger partial charge on any atom is 0.254 e. The summed E-state index contributed by atoms with van der Waals surface area (Å²) in [6, 6.07) is 9.00. The number of fused-ring (bicyclic) bond motifs is 2. The molecule has 1 aliphatic rings. The molecule has 3 aromatic rings. The highest BCUT2D eigenvalue weighted by molar-refractivity contribution is 7.80. The van der Waals surface area contributed by atoms with Crippen LogP contribution in [0.2, 0.25) is 0 Å². The van der Waals surface area contributed by atoms with Crippen LogP contribution in [0.4, 0.5) is 0 Å². The molecule has 9 heteroatoms. The largest absolute Gasteiger partial charge is 0.493 e. The zero-order chi connectivity index (χ0) is 23.7. The lowest BCUT2D eigenvalue weighted by Gasteiger charge is -2.39. The number of pyridine rings is 1. The predicted octanol–water partition coefficient (Wildman–Crippen LogP) is 3.01. The van der Waals surface area contributed by atoms with E-state index in [1.54, 1.807) is 41.6 Å². The van der Waals surface area contributed by atoms with Crippen molar-refractivity contribution in [2.24, 2.45) is 0 Å². The Morgan fingerprint density at radius 2 is 1.55 bits per heavy atom. The van der Waals surface area contributed by atoms with Gasteiger partial charge in [0.25, 0.3) is 5.56 Å². The number of benzene rings is 2. The zero-order valence-corrected chi connectivity index (χ0v) is 20.1. The minimum Gasteiger partial charge on any atom is -0.493 e. The first-order valence-electron chi connectivity index (χ1n) is 10.5. The van der Waals surface area contributed by atoms with Crippen molar-refractivity contribution in [1.29, 1.82) is 0 Å². The van der Waals surface area contributed by atoms with E-state index in [9.17, 15) is 4.79 Å². The third kappa shape index (κ3) is 3.93. The quantitative estimate of drug-likeness (QED) is 0.552. The van der Waals surface area contributed by atoms with Crippen molar-refractivity contribution >= 4 is 28.2 Å². The average molecular weight is 470 g/mol. The van der Waals surface area contributed by atoms with Crippen molar-refractivity contribution in [3.05, 3.63) is 57.4 Å². The van der Waals surface area contributed by atoms with Gasteiger partial charge in [-0.05, 0) is 54.0 Å². The van der Waals surface area contributed by atoms with Crippen molar-refractivity contribution in [1.82, 2.24) is 15.2 Å². The molecule has 0 bridgehead atoms. The molecule has 0 aliphatic carbocycles. The Balaban J connectivity index is 1.97. The van der Waals surface area contributed by atoms with Crippen molar-refractivity contribution < 1.29 is 18.9 Å². The monoisotopic (exact) mass is 469 g/mol. The highest BCUT2D eigenvalue weighted by atomic mass is 32.1. The van der Waals surface area contributed by atoms with Crippen LogP contribution in [0.1, 0.15) is 22.7 Å². The van der Waals surface area contributed by atoms with Gasteiger partial charge in [0.1, 0.15) is 0 Å². The molecule has 2 N–H and O–H groups in total. The third-order valence-electron chi connectivity index (χ3n) is 6.02. The highest BCUT2D eigenvalue weighted by Gasteiger charge is 2.33. The van der Waals surface area contributed by atoms with Crippen LogP contribution in [-0.2, 0) is 6.42 Å². The van der Waals surface area contributed by atoms with Crippen LogP contribution in [0.3, 0.4) is 0 Å². The number of methoxy groups -OCH3 is 4. The molecule has 33 heavy (non-hydrogen) atoms. The number of hydrogen-bond donors (Lipinski definition) is 2. The predicted molar refractivity (Wildman–Crippen MR) is 131 cm³/mol. The van der Waals surface area contributed by atoms with E-state index in [4.69, 9.17) is 31.2 Å². The van der Waals surface area contributed by atoms with E-state index in [-0.39, 0.29) is 5.56 Å². The van der Waals surface area contributed by atoms with Gasteiger partial charge in [-0.1, -0.05) is 0 Å². The molecule has 0 saturated heterocycles. The summed E-state index contributed by atoms with van der Waals surface area (Å²) in [5, 5.41) is 4.45. The number of hydrogen-bond acceptors (Lipinski definition) is 6. The van der Waals surface area contributed by atoms with E-state index >= 15 is 0 Å². The molecular weight excluding hydrogens is 442 g/mol. The number of nitrogens with zero attached hydrogens (tertiary/aromatic N) is 1. The zero-order valence-electron chi connectivity index (χ0n) is 19.3. The molecule has 174 valence electrons. The van der Waals surface area contributed by atoms with Crippen LogP contribution in [0.15, 0.2) is 35.1 Å². The molecule has 0 amide bonds. The summed E-state index contributed by atoms with van der Waals surface area (Å²) in [5.41, 5.74) is 3.06. The number of H-pyrrole nitrogens is 1. The Labute approximate surface area is 197 Å². The first kappa shape index (κ1) is 22.7. The van der Waals surface area contributed by atoms with Crippen LogP contribution in [0.25, 0.3) is 10.9 Å². The van der Waals surface area contributed by atoms with E-state index in [1.165, 1.54) is 0 Å². The fourth-order valence-corrected chi connectivity index (χ4v) is 4.59. The second-order valence-electron chi connectivity index (χ2n) is 7.66. The van der Waals surface area contributed by atoms with Crippen molar-refractivity contribution in [3.63, 3.8) is 0 Å². The van der Waals surface area contributed by atoms with Gasteiger partial charge in [-0.25, -0.2) is 0 Å². The van der Waals surface area contributed by atoms with Crippen LogP contribution in [0, 0.1) is 0 Å². The van der Waals surface area contributed by atoms with E-state index in [0.717, 1.165) is 22.9 Å². The number of thiocarbonyl (C=S) groups is 1. The Morgan fingerprint density at radius 1 is 0.939 bits per heavy atom. The number of rotatable bonds is 5. The summed E-state index contributed by atoms with van der Waals surface area (Å²) < 4.78 is 21.9. The molecule has 0 radical (unpaired) electrons. The number of aromatic nitrogens is 1. The second-order valence-corrected chi connectivity index (χ2v) is 8.04. The summed E-state index contributed by atoms with van der Waals surface area (Å²) in [7, 11) is 8.14. The van der Waals surface area contributed by atoms with Crippen LogP contribution < -0.4 is 29.8 Å². The Bertz CT molecular complexity index is 1270. The topological polar surface area (TPSA) is 85.1 Å². The van der Waals surface area contributed by atoms with Gasteiger partial charge >= 0.3 is 0 Å². The van der Waals surface area contributed by atoms with Gasteiger partial charge in [-0.2, -0.15) is 0 Å². The van der Waals surface area contributed by atoms with Crippen LogP contribution in [0.5, 0.6) is 23.0 Å². The minimum atomic E-state index is -0.408. The minimum absolute atomic E-state index is 0.203. The maximum absolute atomic E-state index is 13.4. The molecule has 1 unspecified atom stereocenters. The fraction of sp³-hybridized carbons (Fsp3) is 0.333. The first-order chi connectivity index (χ1) is 15.9. The highest BCUT2D eigenvalue weighted by Crippen LogP contribution is 2.41. The second kappa shape index (κ2) is 9.19. The third-order valence-corrected chi connectivity index (χ3v) is 6.46. The Kier molecular flexibility index (Phi) is 6.33. The molecular formula is C24H27N3O5S. The van der Waals surface area contributed by atoms with E-state index < -0.39 is 6.04 Å². The Hall–Kier alpha value is -3.46. The Morgan fingerprint density at radius 3 is 2.18 bits per heavy atom. The standard InChI is InChI=1S/C24H27N3O5S/c1-25-24(33)27-7-6-13-9-18(29-2)20(31-4)11-15(13)22(27)16-8-14-10-19(30-3)21(32-5)12-17(14)26-23(16)28/h8-12,22H,6-7H2,1-5H3,(H,25,33)(H,26,28). The molecule has 0 saturated carbocycles. The lowest BCUT2D eigenvalue weighted by Crippen LogP contribution is -2.46. The molecule has 1 atom stereocenters. The SMILES string of the molecule is CNC(=S)N1CCc2cc(OC)c(OC)cc2C1c1cc2cc(OC)c(OC)cc2[nH]c1=O. The first-order valence-corrected chi connectivity index (χ1v) is 10.9. The number of aromatic amines is 1. The lowest BCUT2D eigenvalue weighted by atomic mass is 9.88. The van der Waals surface area contributed by atoms with Gasteiger partial charge in [-0.15, -0.1) is 0 Å². The van der Waals surface area contributed by atoms with E-state index in [0.29, 0.717) is 45.7 Å². The van der Waals surface area contributed by atoms with Crippen LogP contribution >= 0.6 is 12.2 Å². The number of nitrogens with one attached hydrogen (secondary N) is 2. The van der Waals surface area contributed by atoms with E-state index in [2.05, 4.69) is 10.3 Å². The summed E-state index contributed by atoms with van der Waals surface area (Å²) >= 11 is 5.61. The molecule has 1 aromatic heterocycles. The van der Waals surface area contributed by atoms with Crippen molar-refractivity contribution in [3.8, 4) is 23.0 Å². The van der Waals surface area contributed by atoms with Gasteiger partial charge in [-0.3, -0.25) is 4.79 Å². The molecule has 8 nitrogen and oxygen atoms in total. The van der Waals surface area contributed by atoms with Gasteiger partial charge in [0, 0.05) is 30.6 Å². The smallest absolute Gasteiger partial charge is 0.254 e. The molecule has 2 aromatic carbocycles. The normalized spacial score (nSPS) is 15.1. The van der Waals surface area contributed by atoms with Crippen molar-refractivity contribution in [2.75, 3.05) is 42.0 Å². The molecule has 0 fully saturated rings. The summed E-state index contributed by atoms with van der Waals surface area (Å²) in [6.45, 7) is 0.649. The maximum atomic E-state index is 13.4. The molecule has 2 heterocycles. The average Bonchev–Trinajstić information content (AvgIpc) is 2.85. The molecule has 0 spiro atoms. The summed E-state index contributed by atoms with van der Waals surface area (Å²) in [4.78, 5) is 18.4. The van der Waals surface area contributed by atoms with Gasteiger partial charge in [0.05, 0.1) is 40.0 Å². The van der Waals surface area contributed by atoms with Gasteiger partial charge in [0.15, 0.2) is 28.1 Å². The van der Waals surface area contributed by atoms with E-state index in [1.807, 2.05) is 29.2 Å².